The van der Waals surface area contributed by atoms with Crippen LogP contribution in [0.4, 0.5) is 11.4 Å². The number of hydrogen-bond donors (Lipinski definition) is 2. The SMILES string of the molecule is COCC1CCCN(CC(=O)Nc2ccc(C)c(N)c2)C1. The second-order valence-electron chi connectivity index (χ2n) is 5.82. The van der Waals surface area contributed by atoms with Crippen LogP contribution in [0.15, 0.2) is 18.2 Å². The molecule has 2 rings (SSSR count). The first kappa shape index (κ1) is 15.8. The number of likely N-dealkylation sites (tertiary alicyclic amines) is 1. The smallest absolute Gasteiger partial charge is 0.238 e. The van der Waals surface area contributed by atoms with Gasteiger partial charge in [0.2, 0.25) is 5.91 Å². The molecule has 5 nitrogen and oxygen atoms in total. The fraction of sp³-hybridized carbons (Fsp3) is 0.562. The fourth-order valence-electron chi connectivity index (χ4n) is 2.79. The molecule has 1 aliphatic heterocycles. The molecule has 1 saturated heterocycles. The lowest BCUT2D eigenvalue weighted by Gasteiger charge is -2.31. The number of ether oxygens (including phenoxy) is 1. The van der Waals surface area contributed by atoms with Gasteiger partial charge in [0.15, 0.2) is 0 Å². The summed E-state index contributed by atoms with van der Waals surface area (Å²) in [5, 5.41) is 2.91. The van der Waals surface area contributed by atoms with Crippen molar-refractivity contribution in [3.63, 3.8) is 0 Å². The summed E-state index contributed by atoms with van der Waals surface area (Å²) in [4.78, 5) is 14.3. The lowest BCUT2D eigenvalue weighted by Crippen LogP contribution is -2.41. The van der Waals surface area contributed by atoms with E-state index in [-0.39, 0.29) is 5.91 Å². The Morgan fingerprint density at radius 1 is 1.52 bits per heavy atom. The molecule has 1 unspecified atom stereocenters. The highest BCUT2D eigenvalue weighted by Gasteiger charge is 2.21. The van der Waals surface area contributed by atoms with Crippen LogP contribution in [-0.2, 0) is 9.53 Å². The number of anilines is 2. The van der Waals surface area contributed by atoms with Gasteiger partial charge in [-0.05, 0) is 49.9 Å². The molecule has 21 heavy (non-hydrogen) atoms. The molecular formula is C16H25N3O2. The first-order valence-electron chi connectivity index (χ1n) is 7.45. The first-order valence-corrected chi connectivity index (χ1v) is 7.45. The Morgan fingerprint density at radius 3 is 3.05 bits per heavy atom. The molecule has 0 radical (unpaired) electrons. The zero-order valence-corrected chi connectivity index (χ0v) is 12.9. The molecule has 1 heterocycles. The van der Waals surface area contributed by atoms with E-state index < -0.39 is 0 Å². The minimum atomic E-state index is 0.0105. The summed E-state index contributed by atoms with van der Waals surface area (Å²) in [6, 6.07) is 5.60. The lowest BCUT2D eigenvalue weighted by atomic mass is 9.99. The Labute approximate surface area is 126 Å². The molecule has 1 aromatic carbocycles. The van der Waals surface area contributed by atoms with Gasteiger partial charge in [-0.3, -0.25) is 9.69 Å². The Kier molecular flexibility index (Phi) is 5.59. The highest BCUT2D eigenvalue weighted by molar-refractivity contribution is 5.92. The Morgan fingerprint density at radius 2 is 2.33 bits per heavy atom. The average Bonchev–Trinajstić information content (AvgIpc) is 2.43. The number of carbonyl (C=O) groups excluding carboxylic acids is 1. The van der Waals surface area contributed by atoms with Gasteiger partial charge in [0, 0.05) is 25.0 Å². The van der Waals surface area contributed by atoms with Gasteiger partial charge in [0.1, 0.15) is 0 Å². The van der Waals surface area contributed by atoms with Gasteiger partial charge >= 0.3 is 0 Å². The summed E-state index contributed by atoms with van der Waals surface area (Å²) in [5.74, 6) is 0.544. The number of nitrogens with zero attached hydrogens (tertiary/aromatic N) is 1. The molecule has 3 N–H and O–H groups in total. The standard InChI is InChI=1S/C16H25N3O2/c1-12-5-6-14(8-15(12)17)18-16(20)10-19-7-3-4-13(9-19)11-21-2/h5-6,8,13H,3-4,7,9-11,17H2,1-2H3,(H,18,20). The van der Waals surface area contributed by atoms with E-state index in [1.54, 1.807) is 13.2 Å². The molecule has 1 fully saturated rings. The van der Waals surface area contributed by atoms with Gasteiger partial charge in [-0.2, -0.15) is 0 Å². The number of nitrogens with one attached hydrogen (secondary N) is 1. The third-order valence-electron chi connectivity index (χ3n) is 3.94. The van der Waals surface area contributed by atoms with Crippen LogP contribution in [0.5, 0.6) is 0 Å². The third kappa shape index (κ3) is 4.72. The maximum Gasteiger partial charge on any atom is 0.238 e. The number of amides is 1. The highest BCUT2D eigenvalue weighted by atomic mass is 16.5. The molecule has 1 aliphatic rings. The molecule has 1 atom stereocenters. The monoisotopic (exact) mass is 291 g/mol. The maximum atomic E-state index is 12.1. The van der Waals surface area contributed by atoms with Gasteiger partial charge in [-0.25, -0.2) is 0 Å². The van der Waals surface area contributed by atoms with Crippen molar-refractivity contribution in [3.8, 4) is 0 Å². The fourth-order valence-corrected chi connectivity index (χ4v) is 2.79. The quantitative estimate of drug-likeness (QED) is 0.813. The number of carbonyl (C=O) groups is 1. The number of aryl methyl sites for hydroxylation is 1. The largest absolute Gasteiger partial charge is 0.398 e. The normalized spacial score (nSPS) is 19.4. The van der Waals surface area contributed by atoms with Gasteiger partial charge in [0.25, 0.3) is 0 Å². The van der Waals surface area contributed by atoms with E-state index in [1.165, 1.54) is 6.42 Å². The molecule has 0 bridgehead atoms. The number of hydrogen-bond acceptors (Lipinski definition) is 4. The van der Waals surface area contributed by atoms with Gasteiger partial charge < -0.3 is 15.8 Å². The van der Waals surface area contributed by atoms with E-state index in [0.29, 0.717) is 18.2 Å². The van der Waals surface area contributed by atoms with Crippen LogP contribution in [0.1, 0.15) is 18.4 Å². The van der Waals surface area contributed by atoms with Crippen molar-refractivity contribution in [3.05, 3.63) is 23.8 Å². The topological polar surface area (TPSA) is 67.6 Å². The maximum absolute atomic E-state index is 12.1. The molecule has 0 aliphatic carbocycles. The van der Waals surface area contributed by atoms with E-state index in [0.717, 1.165) is 37.4 Å². The van der Waals surface area contributed by atoms with Crippen molar-refractivity contribution in [1.29, 1.82) is 0 Å². The van der Waals surface area contributed by atoms with Crippen molar-refractivity contribution < 1.29 is 9.53 Å². The summed E-state index contributed by atoms with van der Waals surface area (Å²) in [5.41, 5.74) is 8.33. The Balaban J connectivity index is 1.84. The highest BCUT2D eigenvalue weighted by Crippen LogP contribution is 2.18. The summed E-state index contributed by atoms with van der Waals surface area (Å²) in [6.45, 7) is 5.05. The summed E-state index contributed by atoms with van der Waals surface area (Å²) in [7, 11) is 1.73. The van der Waals surface area contributed by atoms with Crippen LogP contribution in [0, 0.1) is 12.8 Å². The van der Waals surface area contributed by atoms with Crippen molar-refractivity contribution in [1.82, 2.24) is 4.90 Å². The zero-order chi connectivity index (χ0) is 15.2. The molecule has 0 saturated carbocycles. The number of benzene rings is 1. The predicted octanol–water partition coefficient (Wildman–Crippen LogP) is 1.87. The van der Waals surface area contributed by atoms with Crippen LogP contribution in [0.25, 0.3) is 0 Å². The lowest BCUT2D eigenvalue weighted by molar-refractivity contribution is -0.117. The van der Waals surface area contributed by atoms with E-state index in [9.17, 15) is 4.79 Å². The van der Waals surface area contributed by atoms with E-state index in [4.69, 9.17) is 10.5 Å². The molecule has 1 aromatic rings. The number of nitrogen functional groups attached to an aromatic ring is 1. The van der Waals surface area contributed by atoms with Crippen LogP contribution in [0.2, 0.25) is 0 Å². The second kappa shape index (κ2) is 7.43. The van der Waals surface area contributed by atoms with Crippen LogP contribution in [-0.4, -0.2) is 44.2 Å². The molecule has 0 aromatic heterocycles. The predicted molar refractivity (Wildman–Crippen MR) is 85.3 cm³/mol. The van der Waals surface area contributed by atoms with Gasteiger partial charge in [-0.15, -0.1) is 0 Å². The minimum absolute atomic E-state index is 0.0105. The summed E-state index contributed by atoms with van der Waals surface area (Å²) >= 11 is 0. The zero-order valence-electron chi connectivity index (χ0n) is 12.9. The summed E-state index contributed by atoms with van der Waals surface area (Å²) in [6.07, 6.45) is 2.30. The van der Waals surface area contributed by atoms with E-state index in [2.05, 4.69) is 10.2 Å². The van der Waals surface area contributed by atoms with E-state index >= 15 is 0 Å². The van der Waals surface area contributed by atoms with Crippen molar-refractivity contribution in [2.24, 2.45) is 5.92 Å². The van der Waals surface area contributed by atoms with Crippen LogP contribution in [0.3, 0.4) is 0 Å². The average molecular weight is 291 g/mol. The van der Waals surface area contributed by atoms with Crippen molar-refractivity contribution in [2.45, 2.75) is 19.8 Å². The first-order chi connectivity index (χ1) is 10.1. The second-order valence-corrected chi connectivity index (χ2v) is 5.82. The minimum Gasteiger partial charge on any atom is -0.398 e. The number of rotatable bonds is 5. The molecule has 116 valence electrons. The summed E-state index contributed by atoms with van der Waals surface area (Å²) < 4.78 is 5.21. The molecule has 1 amide bonds. The Bertz CT molecular complexity index is 488. The van der Waals surface area contributed by atoms with E-state index in [1.807, 2.05) is 19.1 Å². The van der Waals surface area contributed by atoms with Crippen molar-refractivity contribution >= 4 is 17.3 Å². The number of piperidine rings is 1. The molecule has 0 spiro atoms. The Hall–Kier alpha value is -1.59. The number of nitrogens with two attached hydrogens (primary N) is 1. The molecule has 5 heteroatoms. The van der Waals surface area contributed by atoms with Gasteiger partial charge in [0.05, 0.1) is 13.2 Å². The third-order valence-corrected chi connectivity index (χ3v) is 3.94. The van der Waals surface area contributed by atoms with Gasteiger partial charge in [-0.1, -0.05) is 6.07 Å². The number of methoxy groups -OCH3 is 1. The molecular weight excluding hydrogens is 266 g/mol. The van der Waals surface area contributed by atoms with Crippen LogP contribution < -0.4 is 11.1 Å². The van der Waals surface area contributed by atoms with Crippen LogP contribution >= 0.6 is 0 Å². The van der Waals surface area contributed by atoms with Crippen molar-refractivity contribution in [2.75, 3.05) is 44.4 Å².